The van der Waals surface area contributed by atoms with Crippen molar-refractivity contribution in [2.24, 2.45) is 0 Å². The molecular weight excluding hydrogens is 353 g/mol. The van der Waals surface area contributed by atoms with Crippen molar-refractivity contribution in [3.63, 3.8) is 0 Å². The van der Waals surface area contributed by atoms with E-state index in [1.165, 1.54) is 18.2 Å². The van der Waals surface area contributed by atoms with Gasteiger partial charge in [-0.2, -0.15) is 0 Å². The van der Waals surface area contributed by atoms with Gasteiger partial charge in [-0.1, -0.05) is 41.9 Å². The van der Waals surface area contributed by atoms with Gasteiger partial charge in [-0.15, -0.1) is 0 Å². The standard InChI is InChI=1S/C20H17ClFN3O/c1-24(2)20-23-17(12-13-18(26)14-6-4-3-5-7-14)19(21)25(20)16-10-8-15(22)9-11-16/h3-13H,1-2H3/b13-12+. The number of rotatable bonds is 5. The Morgan fingerprint density at radius 3 is 2.38 bits per heavy atom. The molecule has 0 aliphatic rings. The Balaban J connectivity index is 1.98. The first kappa shape index (κ1) is 17.9. The third-order valence-corrected chi connectivity index (χ3v) is 4.13. The Morgan fingerprint density at radius 1 is 1.12 bits per heavy atom. The molecule has 0 fully saturated rings. The minimum Gasteiger partial charge on any atom is -0.348 e. The maximum Gasteiger partial charge on any atom is 0.211 e. The van der Waals surface area contributed by atoms with Crippen LogP contribution >= 0.6 is 11.6 Å². The van der Waals surface area contributed by atoms with Gasteiger partial charge >= 0.3 is 0 Å². The molecule has 0 N–H and O–H groups in total. The number of hydrogen-bond acceptors (Lipinski definition) is 3. The molecule has 0 aliphatic carbocycles. The van der Waals surface area contributed by atoms with Crippen molar-refractivity contribution in [2.45, 2.75) is 0 Å². The Hall–Kier alpha value is -2.92. The predicted molar refractivity (Wildman–Crippen MR) is 103 cm³/mol. The summed E-state index contributed by atoms with van der Waals surface area (Å²) in [6, 6.07) is 14.9. The van der Waals surface area contributed by atoms with Gasteiger partial charge in [-0.25, -0.2) is 9.37 Å². The lowest BCUT2D eigenvalue weighted by molar-refractivity contribution is 0.104. The van der Waals surface area contributed by atoms with Crippen LogP contribution in [0.3, 0.4) is 0 Å². The highest BCUT2D eigenvalue weighted by atomic mass is 35.5. The fourth-order valence-electron chi connectivity index (χ4n) is 2.48. The molecule has 1 heterocycles. The smallest absolute Gasteiger partial charge is 0.211 e. The van der Waals surface area contributed by atoms with Crippen molar-refractivity contribution >= 4 is 29.4 Å². The summed E-state index contributed by atoms with van der Waals surface area (Å²) in [7, 11) is 3.67. The molecule has 6 heteroatoms. The van der Waals surface area contributed by atoms with E-state index in [-0.39, 0.29) is 11.6 Å². The van der Waals surface area contributed by atoms with Crippen LogP contribution in [-0.2, 0) is 0 Å². The van der Waals surface area contributed by atoms with E-state index < -0.39 is 0 Å². The number of benzene rings is 2. The molecule has 1 aromatic heterocycles. The molecule has 0 saturated carbocycles. The molecule has 132 valence electrons. The Kier molecular flexibility index (Phi) is 5.19. The topological polar surface area (TPSA) is 38.1 Å². The first-order valence-corrected chi connectivity index (χ1v) is 8.34. The van der Waals surface area contributed by atoms with Gasteiger partial charge in [0.05, 0.1) is 5.69 Å². The van der Waals surface area contributed by atoms with Gasteiger partial charge in [0.1, 0.15) is 16.7 Å². The van der Waals surface area contributed by atoms with Gasteiger partial charge in [0.15, 0.2) is 5.78 Å². The zero-order chi connectivity index (χ0) is 18.7. The minimum absolute atomic E-state index is 0.135. The van der Waals surface area contributed by atoms with Crippen LogP contribution in [0, 0.1) is 5.82 Å². The van der Waals surface area contributed by atoms with Crippen LogP contribution in [0.4, 0.5) is 10.3 Å². The number of carbonyl (C=O) groups is 1. The summed E-state index contributed by atoms with van der Waals surface area (Å²) < 4.78 is 14.9. The van der Waals surface area contributed by atoms with Crippen molar-refractivity contribution in [1.82, 2.24) is 9.55 Å². The summed E-state index contributed by atoms with van der Waals surface area (Å²) in [4.78, 5) is 18.5. The number of halogens is 2. The maximum atomic E-state index is 13.2. The highest BCUT2D eigenvalue weighted by Gasteiger charge is 2.17. The monoisotopic (exact) mass is 369 g/mol. The Morgan fingerprint density at radius 2 is 1.77 bits per heavy atom. The summed E-state index contributed by atoms with van der Waals surface area (Å²) in [5.41, 5.74) is 1.73. The van der Waals surface area contributed by atoms with Crippen LogP contribution < -0.4 is 4.90 Å². The van der Waals surface area contributed by atoms with Crippen molar-refractivity contribution in [1.29, 1.82) is 0 Å². The lowest BCUT2D eigenvalue weighted by Crippen LogP contribution is -2.14. The molecule has 0 saturated heterocycles. The van der Waals surface area contributed by atoms with Crippen LogP contribution in [-0.4, -0.2) is 29.4 Å². The molecule has 0 unspecified atom stereocenters. The zero-order valence-electron chi connectivity index (χ0n) is 14.4. The fraction of sp³-hybridized carbons (Fsp3) is 0.100. The Labute approximate surface area is 156 Å². The van der Waals surface area contributed by atoms with Crippen molar-refractivity contribution in [2.75, 3.05) is 19.0 Å². The molecule has 0 radical (unpaired) electrons. The average molecular weight is 370 g/mol. The number of carbonyl (C=O) groups excluding carboxylic acids is 1. The quantitative estimate of drug-likeness (QED) is 0.486. The summed E-state index contributed by atoms with van der Waals surface area (Å²) in [6.07, 6.45) is 3.03. The molecule has 0 spiro atoms. The first-order valence-electron chi connectivity index (χ1n) is 7.96. The largest absolute Gasteiger partial charge is 0.348 e. The van der Waals surface area contributed by atoms with Crippen LogP contribution in [0.25, 0.3) is 11.8 Å². The van der Waals surface area contributed by atoms with E-state index in [1.807, 2.05) is 32.3 Å². The summed E-state index contributed by atoms with van der Waals surface area (Å²) in [6.45, 7) is 0. The van der Waals surface area contributed by atoms with E-state index in [0.29, 0.717) is 28.0 Å². The molecule has 0 atom stereocenters. The van der Waals surface area contributed by atoms with Gasteiger partial charge in [-0.05, 0) is 36.4 Å². The summed E-state index contributed by atoms with van der Waals surface area (Å²) >= 11 is 6.49. The van der Waals surface area contributed by atoms with Crippen molar-refractivity contribution in [3.05, 3.63) is 82.9 Å². The van der Waals surface area contributed by atoms with Crippen molar-refractivity contribution < 1.29 is 9.18 Å². The molecule has 0 aliphatic heterocycles. The second-order valence-electron chi connectivity index (χ2n) is 5.86. The molecule has 0 amide bonds. The third-order valence-electron chi connectivity index (χ3n) is 3.76. The molecular formula is C20H17ClFN3O. The molecule has 0 bridgehead atoms. The maximum absolute atomic E-state index is 13.2. The highest BCUT2D eigenvalue weighted by Crippen LogP contribution is 2.29. The van der Waals surface area contributed by atoms with E-state index in [0.717, 1.165) is 0 Å². The van der Waals surface area contributed by atoms with Crippen LogP contribution in [0.5, 0.6) is 0 Å². The second kappa shape index (κ2) is 7.54. The average Bonchev–Trinajstić information content (AvgIpc) is 2.98. The molecule has 2 aromatic carbocycles. The summed E-state index contributed by atoms with van der Waals surface area (Å²) in [5.74, 6) is 0.114. The second-order valence-corrected chi connectivity index (χ2v) is 6.22. The molecule has 26 heavy (non-hydrogen) atoms. The number of hydrogen-bond donors (Lipinski definition) is 0. The lowest BCUT2D eigenvalue weighted by atomic mass is 10.1. The molecule has 3 aromatic rings. The number of allylic oxidation sites excluding steroid dienone is 1. The van der Waals surface area contributed by atoms with Gasteiger partial charge in [0.25, 0.3) is 0 Å². The number of ketones is 1. The number of nitrogens with zero attached hydrogens (tertiary/aromatic N) is 3. The Bertz CT molecular complexity index is 947. The van der Waals surface area contributed by atoms with Gasteiger partial charge in [0.2, 0.25) is 5.95 Å². The van der Waals surface area contributed by atoms with Crippen LogP contribution in [0.15, 0.2) is 60.7 Å². The predicted octanol–water partition coefficient (Wildman–Crippen LogP) is 4.63. The molecule has 3 rings (SSSR count). The van der Waals surface area contributed by atoms with E-state index in [2.05, 4.69) is 4.98 Å². The van der Waals surface area contributed by atoms with Crippen LogP contribution in [0.2, 0.25) is 5.15 Å². The SMILES string of the molecule is CN(C)c1nc(/C=C/C(=O)c2ccccc2)c(Cl)n1-c1ccc(F)cc1. The third kappa shape index (κ3) is 3.68. The van der Waals surface area contributed by atoms with E-state index in [4.69, 9.17) is 11.6 Å². The first-order chi connectivity index (χ1) is 12.5. The highest BCUT2D eigenvalue weighted by molar-refractivity contribution is 6.31. The van der Waals surface area contributed by atoms with E-state index in [9.17, 15) is 9.18 Å². The minimum atomic E-state index is -0.329. The van der Waals surface area contributed by atoms with Crippen molar-refractivity contribution in [3.8, 4) is 5.69 Å². The van der Waals surface area contributed by atoms with E-state index >= 15 is 0 Å². The summed E-state index contributed by atoms with van der Waals surface area (Å²) in [5, 5.41) is 0.345. The number of imidazole rings is 1. The van der Waals surface area contributed by atoms with Gasteiger partial charge in [0, 0.05) is 19.7 Å². The fourth-order valence-corrected chi connectivity index (χ4v) is 2.76. The zero-order valence-corrected chi connectivity index (χ0v) is 15.1. The van der Waals surface area contributed by atoms with Crippen LogP contribution in [0.1, 0.15) is 16.1 Å². The lowest BCUT2D eigenvalue weighted by Gasteiger charge is -2.14. The molecule has 4 nitrogen and oxygen atoms in total. The number of anilines is 1. The normalized spacial score (nSPS) is 11.1. The van der Waals surface area contributed by atoms with Gasteiger partial charge in [-0.3, -0.25) is 9.36 Å². The number of aromatic nitrogens is 2. The van der Waals surface area contributed by atoms with E-state index in [1.54, 1.807) is 39.8 Å². The van der Waals surface area contributed by atoms with Gasteiger partial charge < -0.3 is 4.90 Å².